The zero-order valence-electron chi connectivity index (χ0n) is 13.2. The van der Waals surface area contributed by atoms with E-state index in [1.807, 2.05) is 18.3 Å². The summed E-state index contributed by atoms with van der Waals surface area (Å²) in [5.41, 5.74) is 1.61. The highest BCUT2D eigenvalue weighted by Crippen LogP contribution is 2.21. The lowest BCUT2D eigenvalue weighted by Crippen LogP contribution is -2.33. The fourth-order valence-electron chi connectivity index (χ4n) is 2.62. The number of hydrogen-bond acceptors (Lipinski definition) is 4. The first-order valence-corrected chi connectivity index (χ1v) is 7.94. The van der Waals surface area contributed by atoms with E-state index in [0.29, 0.717) is 12.2 Å². The molecule has 1 aliphatic rings. The number of nitrogens with one attached hydrogen (secondary N) is 3. The Morgan fingerprint density at radius 3 is 2.83 bits per heavy atom. The quantitative estimate of drug-likeness (QED) is 0.808. The van der Waals surface area contributed by atoms with E-state index in [4.69, 9.17) is 0 Å². The SMILES string of the molecule is CC1CCN(c2ccc(CNC(=O)Nc3cn[nH]c3)cn2)CC1. The van der Waals surface area contributed by atoms with Gasteiger partial charge in [0.15, 0.2) is 0 Å². The van der Waals surface area contributed by atoms with E-state index in [2.05, 4.69) is 37.6 Å². The van der Waals surface area contributed by atoms with E-state index in [0.717, 1.165) is 30.4 Å². The molecule has 3 rings (SSSR count). The van der Waals surface area contributed by atoms with Crippen LogP contribution in [-0.4, -0.2) is 34.3 Å². The molecule has 7 nitrogen and oxygen atoms in total. The molecule has 7 heteroatoms. The number of carbonyl (C=O) groups excluding carboxylic acids is 1. The molecule has 3 heterocycles. The number of aromatic amines is 1. The van der Waals surface area contributed by atoms with E-state index in [1.54, 1.807) is 12.4 Å². The molecular weight excluding hydrogens is 292 g/mol. The number of rotatable bonds is 4. The zero-order valence-corrected chi connectivity index (χ0v) is 13.2. The van der Waals surface area contributed by atoms with Crippen LogP contribution >= 0.6 is 0 Å². The number of urea groups is 1. The van der Waals surface area contributed by atoms with Crippen LogP contribution in [0.15, 0.2) is 30.7 Å². The smallest absolute Gasteiger partial charge is 0.319 e. The molecule has 122 valence electrons. The molecule has 2 aromatic rings. The molecule has 1 fully saturated rings. The number of carbonyl (C=O) groups is 1. The summed E-state index contributed by atoms with van der Waals surface area (Å²) in [6, 6.07) is 3.78. The predicted octanol–water partition coefficient (Wildman–Crippen LogP) is 2.36. The molecule has 0 radical (unpaired) electrons. The van der Waals surface area contributed by atoms with Gasteiger partial charge >= 0.3 is 6.03 Å². The molecule has 23 heavy (non-hydrogen) atoms. The van der Waals surface area contributed by atoms with Gasteiger partial charge in [0.2, 0.25) is 0 Å². The maximum absolute atomic E-state index is 11.7. The summed E-state index contributed by atoms with van der Waals surface area (Å²) in [7, 11) is 0. The second-order valence-electron chi connectivity index (χ2n) is 5.99. The van der Waals surface area contributed by atoms with E-state index in [1.165, 1.54) is 12.8 Å². The molecule has 2 aromatic heterocycles. The van der Waals surface area contributed by atoms with Gasteiger partial charge in [0.1, 0.15) is 5.82 Å². The summed E-state index contributed by atoms with van der Waals surface area (Å²) in [5.74, 6) is 1.83. The van der Waals surface area contributed by atoms with Crippen LogP contribution in [0.3, 0.4) is 0 Å². The van der Waals surface area contributed by atoms with Gasteiger partial charge in [-0.1, -0.05) is 13.0 Å². The Morgan fingerprint density at radius 1 is 1.35 bits per heavy atom. The third-order valence-corrected chi connectivity index (χ3v) is 4.13. The van der Waals surface area contributed by atoms with Crippen molar-refractivity contribution in [3.63, 3.8) is 0 Å². The molecule has 0 aliphatic carbocycles. The second kappa shape index (κ2) is 7.13. The summed E-state index contributed by atoms with van der Waals surface area (Å²) >= 11 is 0. The lowest BCUT2D eigenvalue weighted by molar-refractivity contribution is 0.251. The minimum absolute atomic E-state index is 0.263. The molecule has 0 aromatic carbocycles. The minimum atomic E-state index is -0.263. The maximum atomic E-state index is 11.7. The molecule has 1 saturated heterocycles. The standard InChI is InChI=1S/C16H22N6O/c1-12-4-6-22(7-5-12)15-3-2-13(8-17-15)9-18-16(23)21-14-10-19-20-11-14/h2-3,8,10-12H,4-7,9H2,1H3,(H,19,20)(H2,18,21,23). The largest absolute Gasteiger partial charge is 0.357 e. The number of hydrogen-bond donors (Lipinski definition) is 3. The lowest BCUT2D eigenvalue weighted by atomic mass is 9.99. The van der Waals surface area contributed by atoms with Crippen LogP contribution in [-0.2, 0) is 6.54 Å². The summed E-state index contributed by atoms with van der Waals surface area (Å²) in [6.45, 7) is 4.87. The summed E-state index contributed by atoms with van der Waals surface area (Å²) < 4.78 is 0. The van der Waals surface area contributed by atoms with Gasteiger partial charge < -0.3 is 15.5 Å². The lowest BCUT2D eigenvalue weighted by Gasteiger charge is -2.31. The van der Waals surface area contributed by atoms with Gasteiger partial charge in [0.25, 0.3) is 0 Å². The minimum Gasteiger partial charge on any atom is -0.357 e. The third-order valence-electron chi connectivity index (χ3n) is 4.13. The monoisotopic (exact) mass is 314 g/mol. The van der Waals surface area contributed by atoms with Crippen molar-refractivity contribution in [3.8, 4) is 0 Å². The highest BCUT2D eigenvalue weighted by Gasteiger charge is 2.16. The van der Waals surface area contributed by atoms with Crippen LogP contribution in [0.2, 0.25) is 0 Å². The fraction of sp³-hybridized carbons (Fsp3) is 0.438. The third kappa shape index (κ3) is 4.21. The zero-order chi connectivity index (χ0) is 16.1. The highest BCUT2D eigenvalue weighted by molar-refractivity contribution is 5.88. The highest BCUT2D eigenvalue weighted by atomic mass is 16.2. The summed E-state index contributed by atoms with van der Waals surface area (Å²) in [5, 5.41) is 11.9. The number of nitrogens with zero attached hydrogens (tertiary/aromatic N) is 3. The number of anilines is 2. The van der Waals surface area contributed by atoms with Crippen LogP contribution in [0, 0.1) is 5.92 Å². The van der Waals surface area contributed by atoms with Crippen molar-refractivity contribution in [2.45, 2.75) is 26.3 Å². The number of piperidine rings is 1. The van der Waals surface area contributed by atoms with Gasteiger partial charge in [0.05, 0.1) is 11.9 Å². The average molecular weight is 314 g/mol. The molecule has 3 N–H and O–H groups in total. The average Bonchev–Trinajstić information content (AvgIpc) is 3.07. The summed E-state index contributed by atoms with van der Waals surface area (Å²) in [4.78, 5) is 18.6. The van der Waals surface area contributed by atoms with Crippen molar-refractivity contribution in [2.24, 2.45) is 5.92 Å². The van der Waals surface area contributed by atoms with Gasteiger partial charge in [-0.25, -0.2) is 9.78 Å². The topological polar surface area (TPSA) is 85.9 Å². The Balaban J connectivity index is 1.48. The van der Waals surface area contributed by atoms with Crippen molar-refractivity contribution in [1.82, 2.24) is 20.5 Å². The Hall–Kier alpha value is -2.57. The Bertz CT molecular complexity index is 617. The summed E-state index contributed by atoms with van der Waals surface area (Å²) in [6.07, 6.45) is 7.44. The van der Waals surface area contributed by atoms with Crippen LogP contribution in [0.5, 0.6) is 0 Å². The molecule has 0 spiro atoms. The number of H-pyrrole nitrogens is 1. The van der Waals surface area contributed by atoms with Gasteiger partial charge in [0, 0.05) is 32.0 Å². The molecule has 0 bridgehead atoms. The molecule has 1 aliphatic heterocycles. The maximum Gasteiger partial charge on any atom is 0.319 e. The molecule has 0 unspecified atom stereocenters. The number of pyridine rings is 1. The van der Waals surface area contributed by atoms with Gasteiger partial charge in [-0.2, -0.15) is 5.10 Å². The van der Waals surface area contributed by atoms with Crippen molar-refractivity contribution < 1.29 is 4.79 Å². The van der Waals surface area contributed by atoms with Crippen LogP contribution < -0.4 is 15.5 Å². The number of amides is 2. The first kappa shape index (κ1) is 15.3. The van der Waals surface area contributed by atoms with E-state index < -0.39 is 0 Å². The fourth-order valence-corrected chi connectivity index (χ4v) is 2.62. The Kier molecular flexibility index (Phi) is 4.75. The first-order valence-electron chi connectivity index (χ1n) is 7.94. The second-order valence-corrected chi connectivity index (χ2v) is 5.99. The van der Waals surface area contributed by atoms with E-state index in [9.17, 15) is 4.79 Å². The molecule has 2 amide bonds. The Labute approximate surface area is 135 Å². The van der Waals surface area contributed by atoms with Crippen LogP contribution in [0.1, 0.15) is 25.3 Å². The molecular formula is C16H22N6O. The molecule has 0 atom stereocenters. The van der Waals surface area contributed by atoms with Crippen molar-refractivity contribution in [3.05, 3.63) is 36.3 Å². The van der Waals surface area contributed by atoms with E-state index in [-0.39, 0.29) is 6.03 Å². The van der Waals surface area contributed by atoms with E-state index >= 15 is 0 Å². The van der Waals surface area contributed by atoms with Gasteiger partial charge in [-0.05, 0) is 30.4 Å². The van der Waals surface area contributed by atoms with Crippen molar-refractivity contribution >= 4 is 17.5 Å². The normalized spacial score (nSPS) is 15.4. The van der Waals surface area contributed by atoms with Crippen LogP contribution in [0.4, 0.5) is 16.3 Å². The Morgan fingerprint density at radius 2 is 2.17 bits per heavy atom. The van der Waals surface area contributed by atoms with Gasteiger partial charge in [-0.15, -0.1) is 0 Å². The van der Waals surface area contributed by atoms with Gasteiger partial charge in [-0.3, -0.25) is 5.10 Å². The van der Waals surface area contributed by atoms with Crippen molar-refractivity contribution in [1.29, 1.82) is 0 Å². The van der Waals surface area contributed by atoms with Crippen molar-refractivity contribution in [2.75, 3.05) is 23.3 Å². The van der Waals surface area contributed by atoms with Crippen LogP contribution in [0.25, 0.3) is 0 Å². The predicted molar refractivity (Wildman–Crippen MR) is 89.3 cm³/mol. The molecule has 0 saturated carbocycles. The number of aromatic nitrogens is 3. The first-order chi connectivity index (χ1) is 11.2.